The number of aliphatic hydroxyl groups is 1. The normalized spacial score (nSPS) is 15.4. The minimum Gasteiger partial charge on any atom is -0.386 e. The standard InChI is InChI=1S/C11H19ClN2O2/c1-7(2)14-10(9(12)5-13-14)11(15)8(3)6-16-4/h5,7-8,11,15H,6H2,1-4H3. The van der Waals surface area contributed by atoms with Gasteiger partial charge in [0.2, 0.25) is 0 Å². The largest absolute Gasteiger partial charge is 0.386 e. The summed E-state index contributed by atoms with van der Waals surface area (Å²) in [6, 6.07) is 0.173. The van der Waals surface area contributed by atoms with Crippen molar-refractivity contribution in [1.29, 1.82) is 0 Å². The van der Waals surface area contributed by atoms with Crippen molar-refractivity contribution in [3.8, 4) is 0 Å². The predicted molar refractivity (Wildman–Crippen MR) is 63.6 cm³/mol. The molecule has 0 saturated carbocycles. The lowest BCUT2D eigenvalue weighted by Crippen LogP contribution is -2.19. The molecule has 2 atom stereocenters. The summed E-state index contributed by atoms with van der Waals surface area (Å²) in [7, 11) is 1.62. The number of halogens is 1. The van der Waals surface area contributed by atoms with E-state index in [9.17, 15) is 5.11 Å². The third-order valence-electron chi connectivity index (χ3n) is 2.52. The zero-order valence-electron chi connectivity index (χ0n) is 10.1. The van der Waals surface area contributed by atoms with E-state index in [4.69, 9.17) is 16.3 Å². The molecule has 1 N–H and O–H groups in total. The molecule has 0 spiro atoms. The van der Waals surface area contributed by atoms with Gasteiger partial charge in [-0.2, -0.15) is 5.10 Å². The van der Waals surface area contributed by atoms with Crippen LogP contribution in [0.25, 0.3) is 0 Å². The van der Waals surface area contributed by atoms with Crippen molar-refractivity contribution in [2.45, 2.75) is 32.9 Å². The molecule has 0 fully saturated rings. The zero-order chi connectivity index (χ0) is 12.3. The van der Waals surface area contributed by atoms with Crippen LogP contribution in [0.5, 0.6) is 0 Å². The molecule has 0 radical (unpaired) electrons. The summed E-state index contributed by atoms with van der Waals surface area (Å²) >= 11 is 6.04. The molecule has 4 nitrogen and oxygen atoms in total. The average molecular weight is 247 g/mol. The van der Waals surface area contributed by atoms with Crippen LogP contribution in [0.1, 0.15) is 38.6 Å². The summed E-state index contributed by atoms with van der Waals surface area (Å²) < 4.78 is 6.78. The van der Waals surface area contributed by atoms with Crippen LogP contribution in [0.15, 0.2) is 6.20 Å². The lowest BCUT2D eigenvalue weighted by atomic mass is 10.0. The molecule has 1 heterocycles. The number of aromatic nitrogens is 2. The van der Waals surface area contributed by atoms with E-state index in [-0.39, 0.29) is 12.0 Å². The highest BCUT2D eigenvalue weighted by molar-refractivity contribution is 6.31. The Morgan fingerprint density at radius 3 is 2.62 bits per heavy atom. The fraction of sp³-hybridized carbons (Fsp3) is 0.727. The van der Waals surface area contributed by atoms with Gasteiger partial charge in [0, 0.05) is 19.1 Å². The fourth-order valence-corrected chi connectivity index (χ4v) is 1.90. The van der Waals surface area contributed by atoms with Gasteiger partial charge in [-0.25, -0.2) is 0 Å². The molecule has 0 amide bonds. The quantitative estimate of drug-likeness (QED) is 0.868. The summed E-state index contributed by atoms with van der Waals surface area (Å²) in [4.78, 5) is 0. The number of methoxy groups -OCH3 is 1. The van der Waals surface area contributed by atoms with Gasteiger partial charge in [-0.3, -0.25) is 4.68 Å². The van der Waals surface area contributed by atoms with Gasteiger partial charge < -0.3 is 9.84 Å². The number of nitrogens with zero attached hydrogens (tertiary/aromatic N) is 2. The molecule has 0 bridgehead atoms. The molecule has 16 heavy (non-hydrogen) atoms. The van der Waals surface area contributed by atoms with Crippen LogP contribution in [0, 0.1) is 5.92 Å². The van der Waals surface area contributed by atoms with E-state index in [0.717, 1.165) is 0 Å². The predicted octanol–water partition coefficient (Wildman–Crippen LogP) is 2.43. The number of hydrogen-bond donors (Lipinski definition) is 1. The van der Waals surface area contributed by atoms with Crippen molar-refractivity contribution in [3.05, 3.63) is 16.9 Å². The van der Waals surface area contributed by atoms with Crippen molar-refractivity contribution >= 4 is 11.6 Å². The third-order valence-corrected chi connectivity index (χ3v) is 2.82. The Balaban J connectivity index is 2.97. The van der Waals surface area contributed by atoms with E-state index in [0.29, 0.717) is 17.3 Å². The van der Waals surface area contributed by atoms with Crippen LogP contribution in [0.3, 0.4) is 0 Å². The Morgan fingerprint density at radius 1 is 1.50 bits per heavy atom. The minimum absolute atomic E-state index is 0.0169. The van der Waals surface area contributed by atoms with Gasteiger partial charge in [0.1, 0.15) is 6.10 Å². The first-order chi connectivity index (χ1) is 7.49. The highest BCUT2D eigenvalue weighted by Crippen LogP contribution is 2.30. The third kappa shape index (κ3) is 2.75. The molecule has 0 saturated heterocycles. The van der Waals surface area contributed by atoms with Crippen LogP contribution >= 0.6 is 11.6 Å². The Morgan fingerprint density at radius 2 is 2.12 bits per heavy atom. The van der Waals surface area contributed by atoms with Crippen molar-refractivity contribution in [1.82, 2.24) is 9.78 Å². The Kier molecular flexibility index (Phi) is 4.77. The molecule has 1 aromatic heterocycles. The first kappa shape index (κ1) is 13.5. The van der Waals surface area contributed by atoms with Crippen molar-refractivity contribution in [3.63, 3.8) is 0 Å². The van der Waals surface area contributed by atoms with Gasteiger partial charge in [0.15, 0.2) is 0 Å². The highest BCUT2D eigenvalue weighted by atomic mass is 35.5. The lowest BCUT2D eigenvalue weighted by molar-refractivity contribution is 0.0504. The van der Waals surface area contributed by atoms with Crippen LogP contribution in [0.2, 0.25) is 5.02 Å². The van der Waals surface area contributed by atoms with Gasteiger partial charge in [0.25, 0.3) is 0 Å². The van der Waals surface area contributed by atoms with Gasteiger partial charge in [0.05, 0.1) is 23.5 Å². The molecule has 1 aromatic rings. The van der Waals surface area contributed by atoms with E-state index in [1.54, 1.807) is 18.0 Å². The molecule has 92 valence electrons. The van der Waals surface area contributed by atoms with Crippen LogP contribution in [-0.4, -0.2) is 28.6 Å². The second kappa shape index (κ2) is 5.66. The maximum Gasteiger partial charge on any atom is 0.102 e. The summed E-state index contributed by atoms with van der Waals surface area (Å²) in [5.74, 6) is -0.0169. The molecule has 0 aromatic carbocycles. The smallest absolute Gasteiger partial charge is 0.102 e. The molecule has 2 unspecified atom stereocenters. The Hall–Kier alpha value is -0.580. The van der Waals surface area contributed by atoms with E-state index < -0.39 is 6.10 Å². The lowest BCUT2D eigenvalue weighted by Gasteiger charge is -2.21. The average Bonchev–Trinajstić information content (AvgIpc) is 2.59. The van der Waals surface area contributed by atoms with Crippen molar-refractivity contribution in [2.75, 3.05) is 13.7 Å². The molecule has 5 heteroatoms. The van der Waals surface area contributed by atoms with Gasteiger partial charge in [-0.15, -0.1) is 0 Å². The van der Waals surface area contributed by atoms with Gasteiger partial charge in [-0.1, -0.05) is 18.5 Å². The summed E-state index contributed by atoms with van der Waals surface area (Å²) in [5.41, 5.74) is 0.668. The Labute approximate surface area is 101 Å². The maximum atomic E-state index is 10.2. The summed E-state index contributed by atoms with van der Waals surface area (Å²) in [5, 5.41) is 14.9. The van der Waals surface area contributed by atoms with Crippen LogP contribution in [0.4, 0.5) is 0 Å². The molecular formula is C11H19ClN2O2. The Bertz CT molecular complexity index is 339. The second-order valence-corrected chi connectivity index (χ2v) is 4.70. The fourth-order valence-electron chi connectivity index (χ4n) is 1.66. The summed E-state index contributed by atoms with van der Waals surface area (Å²) in [6.45, 7) is 6.41. The second-order valence-electron chi connectivity index (χ2n) is 4.29. The SMILES string of the molecule is COCC(C)C(O)c1c(Cl)cnn1C(C)C. The van der Waals surface area contributed by atoms with E-state index in [2.05, 4.69) is 5.10 Å². The molecule has 0 aliphatic carbocycles. The minimum atomic E-state index is -0.655. The highest BCUT2D eigenvalue weighted by Gasteiger charge is 2.24. The summed E-state index contributed by atoms with van der Waals surface area (Å²) in [6.07, 6.45) is 0.914. The molecule has 1 rings (SSSR count). The number of aliphatic hydroxyl groups excluding tert-OH is 1. The first-order valence-electron chi connectivity index (χ1n) is 5.39. The van der Waals surface area contributed by atoms with E-state index >= 15 is 0 Å². The number of rotatable bonds is 5. The monoisotopic (exact) mass is 246 g/mol. The number of hydrogen-bond acceptors (Lipinski definition) is 3. The maximum absolute atomic E-state index is 10.2. The number of ether oxygens (including phenoxy) is 1. The topological polar surface area (TPSA) is 47.3 Å². The first-order valence-corrected chi connectivity index (χ1v) is 5.76. The van der Waals surface area contributed by atoms with E-state index in [1.165, 1.54) is 0 Å². The molecule has 0 aliphatic heterocycles. The zero-order valence-corrected chi connectivity index (χ0v) is 10.9. The van der Waals surface area contributed by atoms with Gasteiger partial charge >= 0.3 is 0 Å². The van der Waals surface area contributed by atoms with Crippen molar-refractivity contribution < 1.29 is 9.84 Å². The molecule has 0 aliphatic rings. The van der Waals surface area contributed by atoms with Crippen LogP contribution in [-0.2, 0) is 4.74 Å². The van der Waals surface area contributed by atoms with Crippen molar-refractivity contribution in [2.24, 2.45) is 5.92 Å². The van der Waals surface area contributed by atoms with Crippen LogP contribution < -0.4 is 0 Å². The van der Waals surface area contributed by atoms with E-state index in [1.807, 2.05) is 20.8 Å². The molecular weight excluding hydrogens is 228 g/mol. The van der Waals surface area contributed by atoms with Gasteiger partial charge in [-0.05, 0) is 13.8 Å².